The molecule has 0 radical (unpaired) electrons. The molecular formula is C22H25ClFN3O. The van der Waals surface area contributed by atoms with E-state index in [4.69, 9.17) is 16.3 Å². The van der Waals surface area contributed by atoms with Crippen molar-refractivity contribution in [1.82, 2.24) is 10.3 Å². The fourth-order valence-electron chi connectivity index (χ4n) is 3.72. The summed E-state index contributed by atoms with van der Waals surface area (Å²) >= 11 is 5.94. The van der Waals surface area contributed by atoms with E-state index >= 15 is 0 Å². The lowest BCUT2D eigenvalue weighted by molar-refractivity contribution is 0.0340. The topological polar surface area (TPSA) is 27.7 Å². The summed E-state index contributed by atoms with van der Waals surface area (Å²) in [5.74, 6) is -0.404. The highest BCUT2D eigenvalue weighted by molar-refractivity contribution is 6.31. The molecule has 28 heavy (non-hydrogen) atoms. The molecule has 4 nitrogen and oxygen atoms in total. The fourth-order valence-corrected chi connectivity index (χ4v) is 3.90. The number of rotatable bonds is 5. The Hall–Kier alpha value is -1.92. The lowest BCUT2D eigenvalue weighted by atomic mass is 9.97. The third-order valence-electron chi connectivity index (χ3n) is 5.40. The maximum atomic E-state index is 13.5. The van der Waals surface area contributed by atoms with E-state index in [1.165, 1.54) is 22.8 Å². The molecule has 0 aliphatic carbocycles. The Bertz CT molecular complexity index is 867. The number of nitrogens with one attached hydrogen (secondary N) is 1. The predicted octanol–water partition coefficient (Wildman–Crippen LogP) is 4.15. The molecule has 2 heterocycles. The van der Waals surface area contributed by atoms with E-state index in [0.29, 0.717) is 0 Å². The van der Waals surface area contributed by atoms with Crippen molar-refractivity contribution < 1.29 is 9.13 Å². The van der Waals surface area contributed by atoms with Crippen LogP contribution in [0.4, 0.5) is 10.1 Å². The number of benzene rings is 2. The van der Waals surface area contributed by atoms with Crippen molar-refractivity contribution in [2.45, 2.75) is 25.9 Å². The average molecular weight is 402 g/mol. The van der Waals surface area contributed by atoms with Gasteiger partial charge in [-0.25, -0.2) is 9.82 Å². The molecule has 1 atom stereocenters. The normalized spacial score (nSPS) is 20.5. The van der Waals surface area contributed by atoms with Crippen LogP contribution < -0.4 is 10.4 Å². The monoisotopic (exact) mass is 401 g/mol. The Morgan fingerprint density at radius 1 is 1.14 bits per heavy atom. The Morgan fingerprint density at radius 2 is 1.89 bits per heavy atom. The highest BCUT2D eigenvalue weighted by atomic mass is 35.5. The minimum absolute atomic E-state index is 0.129. The van der Waals surface area contributed by atoms with E-state index in [9.17, 15) is 4.39 Å². The molecule has 2 aromatic rings. The molecule has 1 fully saturated rings. The smallest absolute Gasteiger partial charge is 0.141 e. The van der Waals surface area contributed by atoms with Crippen molar-refractivity contribution in [3.05, 3.63) is 76.2 Å². The first kappa shape index (κ1) is 19.4. The second kappa shape index (κ2) is 8.62. The van der Waals surface area contributed by atoms with Gasteiger partial charge in [-0.3, -0.25) is 9.91 Å². The Kier molecular flexibility index (Phi) is 5.97. The van der Waals surface area contributed by atoms with Crippen molar-refractivity contribution in [2.75, 3.05) is 31.3 Å². The number of hydrogen-bond acceptors (Lipinski definition) is 4. The van der Waals surface area contributed by atoms with Gasteiger partial charge in [0.1, 0.15) is 5.82 Å². The minimum Gasteiger partial charge on any atom is -0.379 e. The van der Waals surface area contributed by atoms with Crippen LogP contribution >= 0.6 is 11.6 Å². The predicted molar refractivity (Wildman–Crippen MR) is 111 cm³/mol. The summed E-state index contributed by atoms with van der Waals surface area (Å²) in [7, 11) is 0. The molecule has 0 spiro atoms. The van der Waals surface area contributed by atoms with Crippen LogP contribution in [-0.4, -0.2) is 37.2 Å². The van der Waals surface area contributed by atoms with E-state index < -0.39 is 5.82 Å². The second-order valence-electron chi connectivity index (χ2n) is 7.38. The van der Waals surface area contributed by atoms with E-state index in [2.05, 4.69) is 47.7 Å². The maximum Gasteiger partial charge on any atom is 0.141 e. The number of hydrogen-bond donors (Lipinski definition) is 1. The lowest BCUT2D eigenvalue weighted by Gasteiger charge is -2.28. The van der Waals surface area contributed by atoms with Gasteiger partial charge in [0, 0.05) is 25.8 Å². The zero-order valence-corrected chi connectivity index (χ0v) is 16.8. The van der Waals surface area contributed by atoms with Gasteiger partial charge in [0.25, 0.3) is 0 Å². The average Bonchev–Trinajstić information content (AvgIpc) is 3.07. The highest BCUT2D eigenvalue weighted by Crippen LogP contribution is 2.27. The van der Waals surface area contributed by atoms with E-state index in [1.807, 2.05) is 5.01 Å². The van der Waals surface area contributed by atoms with E-state index in [1.54, 1.807) is 12.1 Å². The molecule has 6 heteroatoms. The number of hydrazine groups is 1. The first-order valence-electron chi connectivity index (χ1n) is 9.66. The Morgan fingerprint density at radius 3 is 2.64 bits per heavy atom. The van der Waals surface area contributed by atoms with Gasteiger partial charge in [0.15, 0.2) is 0 Å². The number of nitrogens with zero attached hydrogens (tertiary/aromatic N) is 2. The van der Waals surface area contributed by atoms with Crippen molar-refractivity contribution in [3.63, 3.8) is 0 Å². The molecule has 2 aliphatic heterocycles. The SMILES string of the molecule is CC1=CN(c2ccc(F)c(Cl)c2)NC1Cc1ccccc1CN1CCOCC1. The van der Waals surface area contributed by atoms with Crippen LogP contribution in [0, 0.1) is 5.82 Å². The van der Waals surface area contributed by atoms with Crippen LogP contribution in [0.15, 0.2) is 54.2 Å². The summed E-state index contributed by atoms with van der Waals surface area (Å²) in [4.78, 5) is 2.44. The molecule has 0 bridgehead atoms. The third kappa shape index (κ3) is 4.39. The van der Waals surface area contributed by atoms with Gasteiger partial charge in [0.2, 0.25) is 0 Å². The van der Waals surface area contributed by atoms with Crippen molar-refractivity contribution >= 4 is 17.3 Å². The standard InChI is InChI=1S/C22H25ClFN3O/c1-16-14-27(19-6-7-21(24)20(23)13-19)25-22(16)12-17-4-2-3-5-18(17)15-26-8-10-28-11-9-26/h2-7,13-14,22,25H,8-12,15H2,1H3. The van der Waals surface area contributed by atoms with Gasteiger partial charge >= 0.3 is 0 Å². The second-order valence-corrected chi connectivity index (χ2v) is 7.79. The molecule has 1 N–H and O–H groups in total. The van der Waals surface area contributed by atoms with Gasteiger partial charge in [-0.15, -0.1) is 0 Å². The first-order chi connectivity index (χ1) is 13.6. The summed E-state index contributed by atoms with van der Waals surface area (Å²) in [6, 6.07) is 13.6. The van der Waals surface area contributed by atoms with Crippen LogP contribution in [0.5, 0.6) is 0 Å². The third-order valence-corrected chi connectivity index (χ3v) is 5.69. The summed E-state index contributed by atoms with van der Waals surface area (Å²) in [6.45, 7) is 6.65. The molecule has 148 valence electrons. The van der Waals surface area contributed by atoms with E-state index in [0.717, 1.165) is 45.0 Å². The van der Waals surface area contributed by atoms with Gasteiger partial charge in [-0.2, -0.15) is 0 Å². The quantitative estimate of drug-likeness (QED) is 0.814. The number of anilines is 1. The molecule has 2 aromatic carbocycles. The molecular weight excluding hydrogens is 377 g/mol. The van der Waals surface area contributed by atoms with Crippen LogP contribution in [0.2, 0.25) is 5.02 Å². The molecule has 2 aliphatic rings. The van der Waals surface area contributed by atoms with Gasteiger partial charge in [-0.05, 0) is 48.2 Å². The molecule has 0 aromatic heterocycles. The largest absolute Gasteiger partial charge is 0.379 e. The van der Waals surface area contributed by atoms with Gasteiger partial charge < -0.3 is 4.74 Å². The molecule has 0 amide bonds. The van der Waals surface area contributed by atoms with Gasteiger partial charge in [-0.1, -0.05) is 35.9 Å². The lowest BCUT2D eigenvalue weighted by Crippen LogP contribution is -2.38. The van der Waals surface area contributed by atoms with Gasteiger partial charge in [0.05, 0.1) is 30.0 Å². The van der Waals surface area contributed by atoms with Crippen molar-refractivity contribution in [3.8, 4) is 0 Å². The van der Waals surface area contributed by atoms with Crippen LogP contribution in [-0.2, 0) is 17.7 Å². The fraction of sp³-hybridized carbons (Fsp3) is 0.364. The van der Waals surface area contributed by atoms with Crippen LogP contribution in [0.1, 0.15) is 18.1 Å². The minimum atomic E-state index is -0.404. The molecule has 0 saturated carbocycles. The number of halogens is 2. The maximum absolute atomic E-state index is 13.5. The zero-order valence-electron chi connectivity index (χ0n) is 16.0. The Labute approximate surface area is 170 Å². The molecule has 4 rings (SSSR count). The Balaban J connectivity index is 1.46. The van der Waals surface area contributed by atoms with Crippen molar-refractivity contribution in [1.29, 1.82) is 0 Å². The van der Waals surface area contributed by atoms with Crippen LogP contribution in [0.25, 0.3) is 0 Å². The van der Waals surface area contributed by atoms with Crippen molar-refractivity contribution in [2.24, 2.45) is 0 Å². The summed E-state index contributed by atoms with van der Waals surface area (Å²) in [5, 5.41) is 2.06. The summed E-state index contributed by atoms with van der Waals surface area (Å²) < 4.78 is 18.9. The van der Waals surface area contributed by atoms with E-state index in [-0.39, 0.29) is 11.1 Å². The zero-order chi connectivity index (χ0) is 19.5. The summed E-state index contributed by atoms with van der Waals surface area (Å²) in [6.07, 6.45) is 2.95. The van der Waals surface area contributed by atoms with Crippen LogP contribution in [0.3, 0.4) is 0 Å². The molecule has 1 unspecified atom stereocenters. The highest BCUT2D eigenvalue weighted by Gasteiger charge is 2.24. The summed E-state index contributed by atoms with van der Waals surface area (Å²) in [5.41, 5.74) is 8.28. The molecule has 1 saturated heterocycles. The first-order valence-corrected chi connectivity index (χ1v) is 10.0. The number of ether oxygens (including phenoxy) is 1. The number of morpholine rings is 1.